The minimum absolute atomic E-state index is 0.224. The summed E-state index contributed by atoms with van der Waals surface area (Å²) < 4.78 is 5.79. The minimum atomic E-state index is 0.224. The SMILES string of the molecule is CCC(=O)N1CCC(NC(=NC)NCC(C)COCc2ccccc2)C1. The number of likely N-dealkylation sites (tertiary alicyclic amines) is 1. The molecule has 1 aromatic rings. The van der Waals surface area contributed by atoms with Gasteiger partial charge >= 0.3 is 0 Å². The molecular formula is C20H32N4O2. The van der Waals surface area contributed by atoms with E-state index < -0.39 is 0 Å². The number of nitrogens with one attached hydrogen (secondary N) is 2. The molecule has 1 aromatic carbocycles. The lowest BCUT2D eigenvalue weighted by Gasteiger charge is -2.20. The maximum absolute atomic E-state index is 11.8. The van der Waals surface area contributed by atoms with Gasteiger partial charge in [0.25, 0.3) is 0 Å². The quantitative estimate of drug-likeness (QED) is 0.550. The van der Waals surface area contributed by atoms with Crippen LogP contribution >= 0.6 is 0 Å². The Balaban J connectivity index is 1.64. The molecule has 1 saturated heterocycles. The summed E-state index contributed by atoms with van der Waals surface area (Å²) in [5.41, 5.74) is 1.19. The number of ether oxygens (including phenoxy) is 1. The second-order valence-electron chi connectivity index (χ2n) is 6.88. The Morgan fingerprint density at radius 1 is 1.38 bits per heavy atom. The van der Waals surface area contributed by atoms with Crippen LogP contribution in [0.3, 0.4) is 0 Å². The number of guanidine groups is 1. The third-order valence-corrected chi connectivity index (χ3v) is 4.54. The molecular weight excluding hydrogens is 328 g/mol. The first-order chi connectivity index (χ1) is 12.6. The van der Waals surface area contributed by atoms with Gasteiger partial charge in [0.2, 0.25) is 5.91 Å². The van der Waals surface area contributed by atoms with Crippen LogP contribution in [-0.4, -0.2) is 56.1 Å². The molecule has 0 bridgehead atoms. The van der Waals surface area contributed by atoms with Crippen LogP contribution in [0.1, 0.15) is 32.3 Å². The Morgan fingerprint density at radius 2 is 2.15 bits per heavy atom. The fourth-order valence-corrected chi connectivity index (χ4v) is 3.00. The van der Waals surface area contributed by atoms with Gasteiger partial charge in [0.05, 0.1) is 13.2 Å². The van der Waals surface area contributed by atoms with Crippen molar-refractivity contribution >= 4 is 11.9 Å². The second kappa shape index (κ2) is 10.8. The van der Waals surface area contributed by atoms with Gasteiger partial charge in [-0.1, -0.05) is 44.2 Å². The maximum atomic E-state index is 11.8. The molecule has 1 amide bonds. The van der Waals surface area contributed by atoms with Crippen molar-refractivity contribution in [3.05, 3.63) is 35.9 Å². The number of hydrogen-bond donors (Lipinski definition) is 2. The molecule has 1 aliphatic heterocycles. The van der Waals surface area contributed by atoms with E-state index in [2.05, 4.69) is 34.7 Å². The lowest BCUT2D eigenvalue weighted by Crippen LogP contribution is -2.46. The zero-order chi connectivity index (χ0) is 18.8. The van der Waals surface area contributed by atoms with Gasteiger partial charge in [0, 0.05) is 39.1 Å². The number of carbonyl (C=O) groups is 1. The molecule has 6 nitrogen and oxygen atoms in total. The van der Waals surface area contributed by atoms with Crippen molar-refractivity contribution in [2.75, 3.05) is 33.3 Å². The van der Waals surface area contributed by atoms with Crippen molar-refractivity contribution in [2.24, 2.45) is 10.9 Å². The lowest BCUT2D eigenvalue weighted by molar-refractivity contribution is -0.129. The molecule has 2 atom stereocenters. The van der Waals surface area contributed by atoms with E-state index in [9.17, 15) is 4.79 Å². The van der Waals surface area contributed by atoms with Crippen molar-refractivity contribution in [3.8, 4) is 0 Å². The van der Waals surface area contributed by atoms with E-state index in [0.717, 1.165) is 32.0 Å². The summed E-state index contributed by atoms with van der Waals surface area (Å²) in [5, 5.41) is 6.77. The van der Waals surface area contributed by atoms with Gasteiger partial charge in [0.1, 0.15) is 0 Å². The van der Waals surface area contributed by atoms with Crippen molar-refractivity contribution in [3.63, 3.8) is 0 Å². The molecule has 0 aromatic heterocycles. The average Bonchev–Trinajstić information content (AvgIpc) is 3.14. The van der Waals surface area contributed by atoms with Gasteiger partial charge in [-0.05, 0) is 17.9 Å². The van der Waals surface area contributed by atoms with Gasteiger partial charge in [-0.25, -0.2) is 0 Å². The van der Waals surface area contributed by atoms with Crippen LogP contribution in [0.2, 0.25) is 0 Å². The molecule has 0 spiro atoms. The summed E-state index contributed by atoms with van der Waals surface area (Å²) in [4.78, 5) is 18.0. The van der Waals surface area contributed by atoms with Gasteiger partial charge in [-0.2, -0.15) is 0 Å². The van der Waals surface area contributed by atoms with E-state index in [4.69, 9.17) is 4.74 Å². The maximum Gasteiger partial charge on any atom is 0.222 e. The first-order valence-corrected chi connectivity index (χ1v) is 9.49. The number of aliphatic imine (C=N–C) groups is 1. The van der Waals surface area contributed by atoms with Crippen LogP contribution in [0.4, 0.5) is 0 Å². The normalized spacial score (nSPS) is 18.7. The van der Waals surface area contributed by atoms with Crippen LogP contribution in [0.25, 0.3) is 0 Å². The Bertz CT molecular complexity index is 576. The van der Waals surface area contributed by atoms with Crippen LogP contribution in [0.15, 0.2) is 35.3 Å². The standard InChI is InChI=1S/C20H32N4O2/c1-4-19(25)24-11-10-18(13-24)23-20(21-3)22-12-16(2)14-26-15-17-8-6-5-7-9-17/h5-9,16,18H,4,10-15H2,1-3H3,(H2,21,22,23). The molecule has 1 aliphatic rings. The monoisotopic (exact) mass is 360 g/mol. The average molecular weight is 361 g/mol. The summed E-state index contributed by atoms with van der Waals surface area (Å²) in [5.74, 6) is 1.39. The Kier molecular flexibility index (Phi) is 8.41. The van der Waals surface area contributed by atoms with E-state index in [1.165, 1.54) is 5.56 Å². The van der Waals surface area contributed by atoms with Crippen molar-refractivity contribution in [2.45, 2.75) is 39.3 Å². The minimum Gasteiger partial charge on any atom is -0.376 e. The largest absolute Gasteiger partial charge is 0.376 e. The lowest BCUT2D eigenvalue weighted by atomic mass is 10.2. The van der Waals surface area contributed by atoms with Crippen LogP contribution in [0, 0.1) is 5.92 Å². The summed E-state index contributed by atoms with van der Waals surface area (Å²) >= 11 is 0. The van der Waals surface area contributed by atoms with Gasteiger partial charge < -0.3 is 20.3 Å². The predicted molar refractivity (Wildman–Crippen MR) is 105 cm³/mol. The number of nitrogens with zero attached hydrogens (tertiary/aromatic N) is 2. The molecule has 2 N–H and O–H groups in total. The highest BCUT2D eigenvalue weighted by molar-refractivity contribution is 5.80. The summed E-state index contributed by atoms with van der Waals surface area (Å²) in [6.07, 6.45) is 1.53. The van der Waals surface area contributed by atoms with E-state index >= 15 is 0 Å². The number of amides is 1. The molecule has 1 heterocycles. The molecule has 26 heavy (non-hydrogen) atoms. The first-order valence-electron chi connectivity index (χ1n) is 9.49. The van der Waals surface area contributed by atoms with E-state index in [1.807, 2.05) is 30.0 Å². The summed E-state index contributed by atoms with van der Waals surface area (Å²) in [6, 6.07) is 10.5. The van der Waals surface area contributed by atoms with E-state index in [-0.39, 0.29) is 11.9 Å². The van der Waals surface area contributed by atoms with Crippen molar-refractivity contribution in [1.29, 1.82) is 0 Å². The number of hydrogen-bond acceptors (Lipinski definition) is 3. The van der Waals surface area contributed by atoms with E-state index in [0.29, 0.717) is 25.6 Å². The van der Waals surface area contributed by atoms with E-state index in [1.54, 1.807) is 7.05 Å². The van der Waals surface area contributed by atoms with Gasteiger partial charge in [-0.3, -0.25) is 9.79 Å². The topological polar surface area (TPSA) is 66.0 Å². The second-order valence-corrected chi connectivity index (χ2v) is 6.88. The van der Waals surface area contributed by atoms with Gasteiger partial charge in [0.15, 0.2) is 5.96 Å². The zero-order valence-corrected chi connectivity index (χ0v) is 16.2. The fourth-order valence-electron chi connectivity index (χ4n) is 3.00. The predicted octanol–water partition coefficient (Wildman–Crippen LogP) is 2.02. The number of benzene rings is 1. The van der Waals surface area contributed by atoms with Crippen molar-refractivity contribution in [1.82, 2.24) is 15.5 Å². The number of carbonyl (C=O) groups excluding carboxylic acids is 1. The Hall–Kier alpha value is -2.08. The summed E-state index contributed by atoms with van der Waals surface area (Å²) in [7, 11) is 1.77. The highest BCUT2D eigenvalue weighted by Gasteiger charge is 2.25. The molecule has 2 unspecified atom stereocenters. The molecule has 1 fully saturated rings. The Labute approximate surface area is 157 Å². The third-order valence-electron chi connectivity index (χ3n) is 4.54. The third kappa shape index (κ3) is 6.67. The van der Waals surface area contributed by atoms with Crippen LogP contribution in [-0.2, 0) is 16.1 Å². The molecule has 2 rings (SSSR count). The summed E-state index contributed by atoms with van der Waals surface area (Å²) in [6.45, 7) is 7.77. The molecule has 144 valence electrons. The fraction of sp³-hybridized carbons (Fsp3) is 0.600. The molecule has 6 heteroatoms. The zero-order valence-electron chi connectivity index (χ0n) is 16.2. The highest BCUT2D eigenvalue weighted by Crippen LogP contribution is 2.10. The van der Waals surface area contributed by atoms with Gasteiger partial charge in [-0.15, -0.1) is 0 Å². The smallest absolute Gasteiger partial charge is 0.222 e. The first kappa shape index (κ1) is 20.2. The van der Waals surface area contributed by atoms with Crippen LogP contribution < -0.4 is 10.6 Å². The number of rotatable bonds is 8. The molecule has 0 aliphatic carbocycles. The molecule has 0 radical (unpaired) electrons. The molecule has 0 saturated carbocycles. The highest BCUT2D eigenvalue weighted by atomic mass is 16.5. The van der Waals surface area contributed by atoms with Crippen LogP contribution in [0.5, 0.6) is 0 Å². The Morgan fingerprint density at radius 3 is 2.85 bits per heavy atom. The van der Waals surface area contributed by atoms with Crippen molar-refractivity contribution < 1.29 is 9.53 Å².